The molecule has 0 spiro atoms. The summed E-state index contributed by atoms with van der Waals surface area (Å²) in [6.45, 7) is 0. The summed E-state index contributed by atoms with van der Waals surface area (Å²) >= 11 is 0. The summed E-state index contributed by atoms with van der Waals surface area (Å²) in [4.78, 5) is 27.3. The van der Waals surface area contributed by atoms with Crippen LogP contribution in [0.4, 0.5) is 17.2 Å². The second kappa shape index (κ2) is 17.1. The first kappa shape index (κ1) is 39.5. The molecule has 1 unspecified atom stereocenters. The van der Waals surface area contributed by atoms with E-state index in [-0.39, 0.29) is 5.92 Å². The van der Waals surface area contributed by atoms with Crippen molar-refractivity contribution in [1.29, 1.82) is 0 Å². The Hall–Kier alpha value is -9.07. The van der Waals surface area contributed by atoms with Gasteiger partial charge in [0.15, 0.2) is 17.5 Å². The van der Waals surface area contributed by atoms with Gasteiger partial charge >= 0.3 is 0 Å². The molecule has 0 aliphatic rings. The normalized spacial score (nSPS) is 11.8. The Morgan fingerprint density at radius 2 is 0.970 bits per heavy atom. The molecule has 0 saturated heterocycles. The van der Waals surface area contributed by atoms with E-state index in [1.807, 2.05) is 97.3 Å². The minimum atomic E-state index is -0.127. The van der Waals surface area contributed by atoms with Crippen LogP contribution in [0.2, 0.25) is 0 Å². The second-order valence-corrected chi connectivity index (χ2v) is 16.5. The Morgan fingerprint density at radius 1 is 0.388 bits per heavy atom. The molecule has 0 fully saturated rings. The van der Waals surface area contributed by atoms with E-state index in [9.17, 15) is 0 Å². The number of pyridine rings is 2. The molecular weight excluding hydrogens is 819 g/mol. The number of anilines is 3. The van der Waals surface area contributed by atoms with Crippen molar-refractivity contribution < 1.29 is 0 Å². The first-order valence-corrected chi connectivity index (χ1v) is 22.4. The average Bonchev–Trinajstić information content (AvgIpc) is 3.74. The monoisotopic (exact) mass is 859 g/mol. The van der Waals surface area contributed by atoms with Crippen LogP contribution in [0.25, 0.3) is 72.4 Å². The molecule has 0 radical (unpaired) electrons. The topological polar surface area (TPSA) is 72.6 Å². The smallest absolute Gasteiger partial charge is 0.164 e. The molecule has 12 rings (SSSR count). The van der Waals surface area contributed by atoms with Gasteiger partial charge in [0.05, 0.1) is 22.6 Å². The first-order chi connectivity index (χ1) is 33.2. The maximum Gasteiger partial charge on any atom is 0.164 e. The number of para-hydroxylation sites is 1. The number of hydrogen-bond acceptors (Lipinski definition) is 6. The third-order valence-electron chi connectivity index (χ3n) is 12.4. The quantitative estimate of drug-likeness (QED) is 0.136. The second-order valence-electron chi connectivity index (χ2n) is 16.5. The molecule has 0 saturated carbocycles. The SMILES string of the molecule is c1ccc(-c2nc(-c3ccccc3)nc(-c3cccc(-n4c5ccc(N(c6ccccc6)c6ccccn6)cc5c5cc(C(c6ccccc6)c6ccccn6)c6ccccc6c54)c3)n2)cc1. The summed E-state index contributed by atoms with van der Waals surface area (Å²) in [5.41, 5.74) is 11.2. The van der Waals surface area contributed by atoms with Gasteiger partial charge in [-0.15, -0.1) is 0 Å². The van der Waals surface area contributed by atoms with Gasteiger partial charge in [-0.1, -0.05) is 158 Å². The maximum atomic E-state index is 5.12. The van der Waals surface area contributed by atoms with Crippen molar-refractivity contribution in [1.82, 2.24) is 29.5 Å². The van der Waals surface area contributed by atoms with Crippen molar-refractivity contribution in [2.45, 2.75) is 5.92 Å². The molecule has 316 valence electrons. The Kier molecular flexibility index (Phi) is 10.1. The van der Waals surface area contributed by atoms with Crippen LogP contribution in [0.3, 0.4) is 0 Å². The lowest BCUT2D eigenvalue weighted by atomic mass is 9.84. The lowest BCUT2D eigenvalue weighted by Gasteiger charge is -2.24. The van der Waals surface area contributed by atoms with Crippen LogP contribution in [0.15, 0.2) is 243 Å². The van der Waals surface area contributed by atoms with Gasteiger partial charge in [0.1, 0.15) is 5.82 Å². The van der Waals surface area contributed by atoms with Gasteiger partial charge in [-0.2, -0.15) is 0 Å². The molecule has 0 aliphatic heterocycles. The highest BCUT2D eigenvalue weighted by molar-refractivity contribution is 6.20. The summed E-state index contributed by atoms with van der Waals surface area (Å²) in [5, 5.41) is 4.52. The van der Waals surface area contributed by atoms with Crippen molar-refractivity contribution in [3.05, 3.63) is 260 Å². The van der Waals surface area contributed by atoms with Gasteiger partial charge < -0.3 is 4.57 Å². The van der Waals surface area contributed by atoms with E-state index in [2.05, 4.69) is 155 Å². The van der Waals surface area contributed by atoms with Crippen molar-refractivity contribution >= 4 is 49.8 Å². The summed E-state index contributed by atoms with van der Waals surface area (Å²) < 4.78 is 2.41. The minimum absolute atomic E-state index is 0.127. The zero-order valence-electron chi connectivity index (χ0n) is 36.3. The lowest BCUT2D eigenvalue weighted by Crippen LogP contribution is -2.11. The molecule has 7 heteroatoms. The largest absolute Gasteiger partial charge is 0.309 e. The number of aromatic nitrogens is 6. The van der Waals surface area contributed by atoms with Gasteiger partial charge in [-0.25, -0.2) is 19.9 Å². The number of fused-ring (bicyclic) bond motifs is 5. The summed E-state index contributed by atoms with van der Waals surface area (Å²) in [6.07, 6.45) is 3.74. The van der Waals surface area contributed by atoms with Crippen LogP contribution in [-0.4, -0.2) is 29.5 Å². The summed E-state index contributed by atoms with van der Waals surface area (Å²) in [7, 11) is 0. The molecule has 0 aliphatic carbocycles. The van der Waals surface area contributed by atoms with Gasteiger partial charge in [0.25, 0.3) is 0 Å². The van der Waals surface area contributed by atoms with Gasteiger partial charge in [0, 0.05) is 62.3 Å². The van der Waals surface area contributed by atoms with Gasteiger partial charge in [-0.3, -0.25) is 9.88 Å². The molecule has 12 aromatic rings. The van der Waals surface area contributed by atoms with Crippen molar-refractivity contribution in [3.63, 3.8) is 0 Å². The highest BCUT2D eigenvalue weighted by atomic mass is 15.2. The third-order valence-corrected chi connectivity index (χ3v) is 12.4. The molecule has 0 amide bonds. The summed E-state index contributed by atoms with van der Waals surface area (Å²) in [5.74, 6) is 2.54. The van der Waals surface area contributed by atoms with E-state index >= 15 is 0 Å². The van der Waals surface area contributed by atoms with Crippen LogP contribution >= 0.6 is 0 Å². The highest BCUT2D eigenvalue weighted by Gasteiger charge is 2.26. The van der Waals surface area contributed by atoms with E-state index in [0.29, 0.717) is 17.5 Å². The van der Waals surface area contributed by atoms with E-state index < -0.39 is 0 Å². The molecular formula is C60H41N7. The Balaban J connectivity index is 1.14. The van der Waals surface area contributed by atoms with Crippen molar-refractivity contribution in [2.75, 3.05) is 4.90 Å². The van der Waals surface area contributed by atoms with Crippen LogP contribution in [0, 0.1) is 0 Å². The predicted molar refractivity (Wildman–Crippen MR) is 272 cm³/mol. The van der Waals surface area contributed by atoms with Gasteiger partial charge in [0.2, 0.25) is 0 Å². The maximum absolute atomic E-state index is 5.12. The van der Waals surface area contributed by atoms with Crippen molar-refractivity contribution in [2.24, 2.45) is 0 Å². The van der Waals surface area contributed by atoms with Crippen LogP contribution in [0.1, 0.15) is 22.7 Å². The predicted octanol–water partition coefficient (Wildman–Crippen LogP) is 14.6. The molecule has 0 N–H and O–H groups in total. The number of nitrogens with zero attached hydrogens (tertiary/aromatic N) is 7. The molecule has 67 heavy (non-hydrogen) atoms. The van der Waals surface area contributed by atoms with Crippen LogP contribution < -0.4 is 4.90 Å². The zero-order valence-corrected chi connectivity index (χ0v) is 36.3. The average molecular weight is 860 g/mol. The third kappa shape index (κ3) is 7.34. The van der Waals surface area contributed by atoms with E-state index in [0.717, 1.165) is 77.8 Å². The Bertz CT molecular complexity index is 3540. The molecule has 1 atom stereocenters. The van der Waals surface area contributed by atoms with Gasteiger partial charge in [-0.05, 0) is 89.3 Å². The molecule has 4 aromatic heterocycles. The van der Waals surface area contributed by atoms with Crippen LogP contribution in [-0.2, 0) is 0 Å². The fraction of sp³-hybridized carbons (Fsp3) is 0.0167. The highest BCUT2D eigenvalue weighted by Crippen LogP contribution is 2.45. The fourth-order valence-corrected chi connectivity index (χ4v) is 9.44. The lowest BCUT2D eigenvalue weighted by molar-refractivity contribution is 0.929. The molecule has 4 heterocycles. The van der Waals surface area contributed by atoms with E-state index in [4.69, 9.17) is 24.9 Å². The first-order valence-electron chi connectivity index (χ1n) is 22.4. The Morgan fingerprint density at radius 3 is 1.63 bits per heavy atom. The minimum Gasteiger partial charge on any atom is -0.309 e. The Labute approximate surface area is 388 Å². The standard InChI is InChI=1S/C60H41N7/c1-5-20-41(21-6-1)56(53-32-15-17-36-61-53)51-40-52-50-39-47(66(45-27-11-4-12-28-45)55-33-16-18-37-62-55)34-35-54(50)67(57(52)49-31-14-13-30-48(49)51)46-29-19-26-44(38-46)60-64-58(42-22-7-2-8-23-42)63-59(65-60)43-24-9-3-10-25-43/h1-40,56H. The number of hydrogen-bond donors (Lipinski definition) is 0. The zero-order chi connectivity index (χ0) is 44.5. The number of rotatable bonds is 10. The fourth-order valence-electron chi connectivity index (χ4n) is 9.44. The van der Waals surface area contributed by atoms with Crippen LogP contribution in [0.5, 0.6) is 0 Å². The van der Waals surface area contributed by atoms with E-state index in [1.165, 1.54) is 11.1 Å². The van der Waals surface area contributed by atoms with Crippen molar-refractivity contribution in [3.8, 4) is 39.9 Å². The number of benzene rings is 8. The van der Waals surface area contributed by atoms with E-state index in [1.54, 1.807) is 0 Å². The summed E-state index contributed by atoms with van der Waals surface area (Å²) in [6, 6.07) is 80.2. The molecule has 0 bridgehead atoms. The molecule has 8 aromatic carbocycles. The molecule has 7 nitrogen and oxygen atoms in total.